The van der Waals surface area contributed by atoms with Crippen LogP contribution in [0.5, 0.6) is 0 Å². The third-order valence-corrected chi connectivity index (χ3v) is 5.66. The number of nitrogens with zero attached hydrogens (tertiary/aromatic N) is 1. The fourth-order valence-electron chi connectivity index (χ4n) is 2.98. The van der Waals surface area contributed by atoms with E-state index in [1.165, 1.54) is 37.3 Å². The molecule has 3 rings (SSSR count). The number of sulfonamides is 1. The number of hydrogen-bond acceptors (Lipinski definition) is 4. The molecular weight excluding hydrogens is 354 g/mol. The predicted molar refractivity (Wildman–Crippen MR) is 98.6 cm³/mol. The lowest BCUT2D eigenvalue weighted by Crippen LogP contribution is -2.33. The quantitative estimate of drug-likeness (QED) is 0.853. The molecule has 136 valence electrons. The van der Waals surface area contributed by atoms with Crippen LogP contribution in [0.2, 0.25) is 0 Å². The molecule has 8 heteroatoms. The molecule has 0 saturated carbocycles. The van der Waals surface area contributed by atoms with Crippen molar-refractivity contribution in [1.82, 2.24) is 0 Å². The van der Waals surface area contributed by atoms with E-state index >= 15 is 0 Å². The number of carbonyl (C=O) groups excluding carboxylic acids is 2. The Bertz CT molecular complexity index is 968. The fraction of sp³-hybridized carbons (Fsp3) is 0.222. The molecular formula is C18H19N3O4S. The largest absolute Gasteiger partial charge is 0.366 e. The third kappa shape index (κ3) is 3.55. The number of amides is 2. The van der Waals surface area contributed by atoms with Gasteiger partial charge in [-0.1, -0.05) is 0 Å². The normalized spacial score (nSPS) is 13.8. The topological polar surface area (TPSA) is 110 Å². The number of benzene rings is 2. The van der Waals surface area contributed by atoms with Crippen molar-refractivity contribution in [3.63, 3.8) is 0 Å². The smallest absolute Gasteiger partial charge is 0.261 e. The van der Waals surface area contributed by atoms with E-state index in [4.69, 9.17) is 5.73 Å². The number of nitrogens with two attached hydrogens (primary N) is 1. The molecule has 0 fully saturated rings. The second kappa shape index (κ2) is 6.80. The van der Waals surface area contributed by atoms with Gasteiger partial charge in [0.25, 0.3) is 10.0 Å². The number of hydrogen-bond donors (Lipinski definition) is 2. The van der Waals surface area contributed by atoms with Crippen molar-refractivity contribution in [3.05, 3.63) is 53.6 Å². The van der Waals surface area contributed by atoms with Crippen LogP contribution < -0.4 is 15.4 Å². The summed E-state index contributed by atoms with van der Waals surface area (Å²) in [6, 6.07) is 10.6. The molecule has 0 atom stereocenters. The Kier molecular flexibility index (Phi) is 4.69. The van der Waals surface area contributed by atoms with Crippen molar-refractivity contribution >= 4 is 33.2 Å². The van der Waals surface area contributed by atoms with Gasteiger partial charge < -0.3 is 10.6 Å². The van der Waals surface area contributed by atoms with Crippen molar-refractivity contribution in [3.8, 4) is 0 Å². The zero-order valence-electron chi connectivity index (χ0n) is 14.2. The summed E-state index contributed by atoms with van der Waals surface area (Å²) >= 11 is 0. The van der Waals surface area contributed by atoms with Gasteiger partial charge >= 0.3 is 0 Å². The van der Waals surface area contributed by atoms with Gasteiger partial charge in [-0.2, -0.15) is 0 Å². The molecule has 0 spiro atoms. The fourth-order valence-corrected chi connectivity index (χ4v) is 4.09. The van der Waals surface area contributed by atoms with E-state index in [0.29, 0.717) is 17.8 Å². The first-order valence-electron chi connectivity index (χ1n) is 8.11. The van der Waals surface area contributed by atoms with Crippen LogP contribution in [0.3, 0.4) is 0 Å². The van der Waals surface area contributed by atoms with Crippen LogP contribution in [0.4, 0.5) is 11.4 Å². The summed E-state index contributed by atoms with van der Waals surface area (Å²) in [6.07, 6.45) is 1.51. The van der Waals surface area contributed by atoms with Gasteiger partial charge in [-0.25, -0.2) is 8.42 Å². The highest BCUT2D eigenvalue weighted by atomic mass is 32.2. The summed E-state index contributed by atoms with van der Waals surface area (Å²) in [7, 11) is -3.79. The number of aryl methyl sites for hydroxylation is 1. The maximum absolute atomic E-state index is 12.6. The molecule has 1 aliphatic heterocycles. The lowest BCUT2D eigenvalue weighted by atomic mass is 10.0. The van der Waals surface area contributed by atoms with Gasteiger partial charge in [-0.15, -0.1) is 0 Å². The van der Waals surface area contributed by atoms with E-state index < -0.39 is 15.9 Å². The maximum Gasteiger partial charge on any atom is 0.261 e. The standard InChI is InChI=1S/C18H19N3O4S/c1-12(22)21-10-2-3-14-11-16(8-9-17(14)21)26(24,25)20-15-6-4-13(5-7-15)18(19)23/h4-9,11,20H,2-3,10H2,1H3,(H2,19,23). The number of carbonyl (C=O) groups is 2. The first-order chi connectivity index (χ1) is 12.3. The van der Waals surface area contributed by atoms with E-state index in [2.05, 4.69) is 4.72 Å². The Morgan fingerprint density at radius 2 is 1.81 bits per heavy atom. The number of rotatable bonds is 4. The number of primary amides is 1. The zero-order chi connectivity index (χ0) is 18.9. The SMILES string of the molecule is CC(=O)N1CCCc2cc(S(=O)(=O)Nc3ccc(C(N)=O)cc3)ccc21. The molecule has 0 unspecified atom stereocenters. The second-order valence-electron chi connectivity index (χ2n) is 6.11. The Balaban J connectivity index is 1.88. The average Bonchev–Trinajstić information content (AvgIpc) is 2.60. The van der Waals surface area contributed by atoms with Gasteiger partial charge in [0.1, 0.15) is 0 Å². The maximum atomic E-state index is 12.6. The molecule has 2 aromatic carbocycles. The summed E-state index contributed by atoms with van der Waals surface area (Å²) in [4.78, 5) is 24.6. The van der Waals surface area contributed by atoms with Crippen molar-refractivity contribution in [2.45, 2.75) is 24.7 Å². The molecule has 1 aliphatic rings. The van der Waals surface area contributed by atoms with Crippen molar-refractivity contribution in [2.75, 3.05) is 16.2 Å². The van der Waals surface area contributed by atoms with E-state index in [9.17, 15) is 18.0 Å². The van der Waals surface area contributed by atoms with Gasteiger partial charge in [0.2, 0.25) is 11.8 Å². The van der Waals surface area contributed by atoms with E-state index in [0.717, 1.165) is 24.1 Å². The van der Waals surface area contributed by atoms with Gasteiger partial charge in [0.05, 0.1) is 4.90 Å². The van der Waals surface area contributed by atoms with Crippen molar-refractivity contribution < 1.29 is 18.0 Å². The molecule has 0 aromatic heterocycles. The number of fused-ring (bicyclic) bond motifs is 1. The molecule has 7 nitrogen and oxygen atoms in total. The highest BCUT2D eigenvalue weighted by Gasteiger charge is 2.23. The molecule has 0 saturated heterocycles. The first kappa shape index (κ1) is 17.9. The monoisotopic (exact) mass is 373 g/mol. The molecule has 26 heavy (non-hydrogen) atoms. The summed E-state index contributed by atoms with van der Waals surface area (Å²) in [5, 5.41) is 0. The lowest BCUT2D eigenvalue weighted by molar-refractivity contribution is -0.116. The van der Waals surface area contributed by atoms with E-state index in [-0.39, 0.29) is 10.8 Å². The zero-order valence-corrected chi connectivity index (χ0v) is 15.0. The van der Waals surface area contributed by atoms with Gasteiger partial charge in [0, 0.05) is 30.4 Å². The minimum Gasteiger partial charge on any atom is -0.366 e. The average molecular weight is 373 g/mol. The molecule has 0 bridgehead atoms. The second-order valence-corrected chi connectivity index (χ2v) is 7.79. The van der Waals surface area contributed by atoms with Crippen molar-refractivity contribution in [1.29, 1.82) is 0 Å². The molecule has 2 amide bonds. The third-order valence-electron chi connectivity index (χ3n) is 4.28. The summed E-state index contributed by atoms with van der Waals surface area (Å²) in [5.41, 5.74) is 7.39. The van der Waals surface area contributed by atoms with Crippen LogP contribution in [0.1, 0.15) is 29.3 Å². The summed E-state index contributed by atoms with van der Waals surface area (Å²) < 4.78 is 27.8. The first-order valence-corrected chi connectivity index (χ1v) is 9.60. The van der Waals surface area contributed by atoms with Crippen molar-refractivity contribution in [2.24, 2.45) is 5.73 Å². The van der Waals surface area contributed by atoms with Crippen LogP contribution in [-0.4, -0.2) is 26.8 Å². The number of anilines is 2. The van der Waals surface area contributed by atoms with Gasteiger partial charge in [-0.3, -0.25) is 14.3 Å². The van der Waals surface area contributed by atoms with Gasteiger partial charge in [0.15, 0.2) is 0 Å². The van der Waals surface area contributed by atoms with Gasteiger partial charge in [-0.05, 0) is 60.9 Å². The Labute approximate surface area is 151 Å². The summed E-state index contributed by atoms with van der Waals surface area (Å²) in [5.74, 6) is -0.640. The molecule has 2 aromatic rings. The van der Waals surface area contributed by atoms with E-state index in [1.807, 2.05) is 0 Å². The molecule has 1 heterocycles. The Morgan fingerprint density at radius 1 is 1.12 bits per heavy atom. The Morgan fingerprint density at radius 3 is 2.42 bits per heavy atom. The van der Waals surface area contributed by atoms with Crippen LogP contribution in [0.15, 0.2) is 47.4 Å². The summed E-state index contributed by atoms with van der Waals surface area (Å²) in [6.45, 7) is 2.13. The minimum atomic E-state index is -3.79. The number of nitrogens with one attached hydrogen (secondary N) is 1. The lowest BCUT2D eigenvalue weighted by Gasteiger charge is -2.28. The van der Waals surface area contributed by atoms with Crippen LogP contribution in [0, 0.1) is 0 Å². The van der Waals surface area contributed by atoms with Crippen LogP contribution in [-0.2, 0) is 21.2 Å². The highest BCUT2D eigenvalue weighted by Crippen LogP contribution is 2.30. The highest BCUT2D eigenvalue weighted by molar-refractivity contribution is 7.92. The predicted octanol–water partition coefficient (Wildman–Crippen LogP) is 1.89. The minimum absolute atomic E-state index is 0.0609. The van der Waals surface area contributed by atoms with Crippen LogP contribution >= 0.6 is 0 Å². The Hall–Kier alpha value is -2.87. The molecule has 3 N–H and O–H groups in total. The van der Waals surface area contributed by atoms with Crippen LogP contribution in [0.25, 0.3) is 0 Å². The molecule has 0 radical (unpaired) electrons. The van der Waals surface area contributed by atoms with E-state index in [1.54, 1.807) is 17.0 Å². The molecule has 0 aliphatic carbocycles.